The summed E-state index contributed by atoms with van der Waals surface area (Å²) < 4.78 is 2.10. The normalized spacial score (nSPS) is 16.8. The second kappa shape index (κ2) is 11.7. The zero-order valence-electron chi connectivity index (χ0n) is 30.0. The Labute approximate surface area is 318 Å². The topological polar surface area (TPSA) is 103 Å². The number of nitriles is 4. The van der Waals surface area contributed by atoms with Crippen molar-refractivity contribution < 1.29 is 0 Å². The molecule has 6 aromatic carbocycles. The van der Waals surface area contributed by atoms with Crippen LogP contribution in [-0.4, -0.2) is 10.6 Å². The van der Waals surface area contributed by atoms with Gasteiger partial charge in [0, 0.05) is 44.6 Å². The molecule has 2 atom stereocenters. The molecule has 0 bridgehead atoms. The zero-order chi connectivity index (χ0) is 37.6. The molecule has 0 spiro atoms. The van der Waals surface area contributed by atoms with Gasteiger partial charge in [0.25, 0.3) is 0 Å². The number of aromatic nitrogens is 1. The Kier molecular flexibility index (Phi) is 6.81. The Morgan fingerprint density at radius 3 is 2.18 bits per heavy atom. The summed E-state index contributed by atoms with van der Waals surface area (Å²) in [5, 5.41) is 44.6. The number of fused-ring (bicyclic) bond motifs is 10. The Bertz CT molecular complexity index is 3090. The lowest BCUT2D eigenvalue weighted by Crippen LogP contribution is -2.29. The van der Waals surface area contributed by atoms with Crippen molar-refractivity contribution in [2.75, 3.05) is 4.90 Å². The van der Waals surface area contributed by atoms with Crippen molar-refractivity contribution in [3.8, 4) is 52.2 Å². The van der Waals surface area contributed by atoms with Gasteiger partial charge in [-0.05, 0) is 70.3 Å². The van der Waals surface area contributed by atoms with Crippen molar-refractivity contribution in [1.82, 2.24) is 4.57 Å². The van der Waals surface area contributed by atoms with E-state index in [1.807, 2.05) is 36.4 Å². The lowest BCUT2D eigenvalue weighted by atomic mass is 9.80. The average molecular weight is 703 g/mol. The van der Waals surface area contributed by atoms with Gasteiger partial charge in [0.2, 0.25) is 0 Å². The van der Waals surface area contributed by atoms with E-state index in [1.165, 1.54) is 27.8 Å². The number of nitrogens with zero attached hydrogens (tertiary/aromatic N) is 6. The van der Waals surface area contributed by atoms with E-state index < -0.39 is 0 Å². The van der Waals surface area contributed by atoms with Crippen LogP contribution in [0.2, 0.25) is 0 Å². The van der Waals surface area contributed by atoms with Crippen molar-refractivity contribution in [1.29, 1.82) is 21.0 Å². The molecular weight excluding hydrogens is 673 g/mol. The molecule has 1 aliphatic heterocycles. The minimum absolute atomic E-state index is 0.0218. The molecule has 0 N–H and O–H groups in total. The molecule has 0 saturated heterocycles. The quantitative estimate of drug-likeness (QED) is 0.182. The summed E-state index contributed by atoms with van der Waals surface area (Å²) in [6.45, 7) is 4.53. The van der Waals surface area contributed by atoms with E-state index in [9.17, 15) is 21.0 Å². The van der Waals surface area contributed by atoms with E-state index in [-0.39, 0.29) is 34.1 Å². The molecule has 55 heavy (non-hydrogen) atoms. The van der Waals surface area contributed by atoms with Crippen LogP contribution < -0.4 is 4.90 Å². The maximum atomic E-state index is 11.1. The van der Waals surface area contributed by atoms with Crippen LogP contribution in [0.15, 0.2) is 133 Å². The molecule has 1 aromatic heterocycles. The summed E-state index contributed by atoms with van der Waals surface area (Å²) in [7, 11) is 0. The Balaban J connectivity index is 1.35. The predicted octanol–water partition coefficient (Wildman–Crippen LogP) is 11.0. The molecular formula is C49H30N6. The summed E-state index contributed by atoms with van der Waals surface area (Å²) in [6.07, 6.45) is 8.56. The number of benzene rings is 6. The van der Waals surface area contributed by atoms with E-state index in [1.54, 1.807) is 6.07 Å². The van der Waals surface area contributed by atoms with Gasteiger partial charge in [-0.2, -0.15) is 21.0 Å². The summed E-state index contributed by atoms with van der Waals surface area (Å²) >= 11 is 0. The molecule has 0 fully saturated rings. The van der Waals surface area contributed by atoms with Crippen molar-refractivity contribution in [3.63, 3.8) is 0 Å². The summed E-state index contributed by atoms with van der Waals surface area (Å²) in [5.41, 5.74) is 11.8. The second-order valence-corrected chi connectivity index (χ2v) is 14.9. The third kappa shape index (κ3) is 4.26. The Morgan fingerprint density at radius 2 is 1.36 bits per heavy atom. The van der Waals surface area contributed by atoms with Gasteiger partial charge >= 0.3 is 0 Å². The minimum Gasteiger partial charge on any atom is -0.333 e. The summed E-state index contributed by atoms with van der Waals surface area (Å²) in [4.78, 5) is 2.30. The van der Waals surface area contributed by atoms with Gasteiger partial charge in [0.1, 0.15) is 18.2 Å². The zero-order valence-corrected chi connectivity index (χ0v) is 30.0. The highest BCUT2D eigenvalue weighted by Gasteiger charge is 2.40. The van der Waals surface area contributed by atoms with Gasteiger partial charge in [-0.25, -0.2) is 0 Å². The van der Waals surface area contributed by atoms with E-state index >= 15 is 0 Å². The standard InChI is InChI=1S/C49H30N6/c1-49(2)40-15-7-3-11-31(40)34-20-22-45-46(47(34)49)35-14-6-10-18-43(35)55(45)48-37(24-30(26-51)38(27-52)39(48)28-53)36-23-29(25-50)19-21-44(36)54-41-16-8-4-12-32(41)33-13-5-9-17-42(33)54/h3-24,32,41H,1-2H3. The van der Waals surface area contributed by atoms with Crippen LogP contribution in [0.1, 0.15) is 58.7 Å². The second-order valence-electron chi connectivity index (χ2n) is 14.9. The molecule has 0 radical (unpaired) electrons. The molecule has 6 nitrogen and oxygen atoms in total. The number of anilines is 2. The first-order chi connectivity index (χ1) is 26.9. The molecule has 6 heteroatoms. The van der Waals surface area contributed by atoms with E-state index in [4.69, 9.17) is 0 Å². The van der Waals surface area contributed by atoms with Crippen molar-refractivity contribution in [3.05, 3.63) is 172 Å². The Hall–Kier alpha value is -7.64. The van der Waals surface area contributed by atoms with Gasteiger partial charge < -0.3 is 9.47 Å². The highest BCUT2D eigenvalue weighted by atomic mass is 15.2. The van der Waals surface area contributed by atoms with Crippen LogP contribution in [0, 0.1) is 45.3 Å². The van der Waals surface area contributed by atoms with Crippen LogP contribution in [-0.2, 0) is 5.41 Å². The number of rotatable bonds is 3. The Morgan fingerprint density at radius 1 is 0.600 bits per heavy atom. The van der Waals surface area contributed by atoms with Gasteiger partial charge in [0.15, 0.2) is 0 Å². The van der Waals surface area contributed by atoms with Gasteiger partial charge in [-0.15, -0.1) is 0 Å². The summed E-state index contributed by atoms with van der Waals surface area (Å²) in [6, 6.07) is 45.9. The van der Waals surface area contributed by atoms with E-state index in [0.717, 1.165) is 33.2 Å². The highest BCUT2D eigenvalue weighted by Crippen LogP contribution is 2.55. The van der Waals surface area contributed by atoms with Crippen LogP contribution in [0.3, 0.4) is 0 Å². The average Bonchev–Trinajstić information content (AvgIpc) is 3.82. The van der Waals surface area contributed by atoms with Crippen molar-refractivity contribution in [2.45, 2.75) is 31.2 Å². The molecule has 7 aromatic rings. The van der Waals surface area contributed by atoms with Crippen LogP contribution >= 0.6 is 0 Å². The molecule has 2 unspecified atom stereocenters. The fraction of sp³-hybridized carbons (Fsp3) is 0.102. The van der Waals surface area contributed by atoms with Gasteiger partial charge in [-0.3, -0.25) is 0 Å². The van der Waals surface area contributed by atoms with Crippen molar-refractivity contribution in [2.24, 2.45) is 0 Å². The minimum atomic E-state index is -0.320. The molecule has 2 heterocycles. The third-order valence-corrected chi connectivity index (χ3v) is 11.9. The first-order valence-corrected chi connectivity index (χ1v) is 18.3. The maximum Gasteiger partial charge on any atom is 0.103 e. The first kappa shape index (κ1) is 32.0. The fourth-order valence-corrected chi connectivity index (χ4v) is 9.60. The summed E-state index contributed by atoms with van der Waals surface area (Å²) in [5.74, 6) is 0.112. The van der Waals surface area contributed by atoms with Gasteiger partial charge in [0.05, 0.1) is 51.1 Å². The van der Waals surface area contributed by atoms with Gasteiger partial charge in [-0.1, -0.05) is 105 Å². The lowest BCUT2D eigenvalue weighted by molar-refractivity contribution is 0.666. The lowest BCUT2D eigenvalue weighted by Gasteiger charge is -2.31. The smallest absolute Gasteiger partial charge is 0.103 e. The molecule has 3 aliphatic rings. The highest BCUT2D eigenvalue weighted by molar-refractivity contribution is 6.15. The number of hydrogen-bond donors (Lipinski definition) is 0. The number of allylic oxidation sites excluding steroid dienone is 2. The SMILES string of the molecule is CC1(C)c2ccccc2-c2ccc3c(c21)c1ccccc1n3-c1c(-c2cc(C#N)ccc2N2c3ccccc3C3C=CC=CC32)cc(C#N)c(C#N)c1C#N. The third-order valence-electron chi connectivity index (χ3n) is 11.9. The maximum absolute atomic E-state index is 11.1. The monoisotopic (exact) mass is 702 g/mol. The van der Waals surface area contributed by atoms with Crippen LogP contribution in [0.25, 0.3) is 49.7 Å². The van der Waals surface area contributed by atoms with Crippen LogP contribution in [0.5, 0.6) is 0 Å². The number of hydrogen-bond acceptors (Lipinski definition) is 5. The number of para-hydroxylation sites is 2. The molecule has 10 rings (SSSR count). The molecule has 256 valence electrons. The molecule has 2 aliphatic carbocycles. The fourth-order valence-electron chi connectivity index (χ4n) is 9.60. The molecule has 0 amide bonds. The predicted molar refractivity (Wildman–Crippen MR) is 216 cm³/mol. The molecule has 0 saturated carbocycles. The first-order valence-electron chi connectivity index (χ1n) is 18.3. The van der Waals surface area contributed by atoms with Crippen molar-refractivity contribution >= 4 is 33.2 Å². The van der Waals surface area contributed by atoms with E-state index in [0.29, 0.717) is 22.4 Å². The van der Waals surface area contributed by atoms with Crippen LogP contribution in [0.4, 0.5) is 11.4 Å². The largest absolute Gasteiger partial charge is 0.333 e. The van der Waals surface area contributed by atoms with E-state index in [2.05, 4.69) is 139 Å².